The van der Waals surface area contributed by atoms with Gasteiger partial charge in [0.1, 0.15) is 5.75 Å². The lowest BCUT2D eigenvalue weighted by molar-refractivity contribution is 0.133. The number of hydrogen-bond acceptors (Lipinski definition) is 6. The maximum absolute atomic E-state index is 5.71. The van der Waals surface area contributed by atoms with E-state index in [0.29, 0.717) is 12.6 Å². The van der Waals surface area contributed by atoms with Crippen LogP contribution in [0.2, 0.25) is 0 Å². The van der Waals surface area contributed by atoms with Crippen LogP contribution in [0.3, 0.4) is 0 Å². The van der Waals surface area contributed by atoms with Crippen LogP contribution in [-0.2, 0) is 11.3 Å². The summed E-state index contributed by atoms with van der Waals surface area (Å²) in [6.07, 6.45) is 1.81. The molecule has 0 amide bonds. The van der Waals surface area contributed by atoms with E-state index in [0.717, 1.165) is 46.9 Å². The van der Waals surface area contributed by atoms with Crippen molar-refractivity contribution in [3.8, 4) is 17.0 Å². The quantitative estimate of drug-likeness (QED) is 0.555. The van der Waals surface area contributed by atoms with Crippen molar-refractivity contribution in [3.05, 3.63) is 66.4 Å². The van der Waals surface area contributed by atoms with Crippen molar-refractivity contribution < 1.29 is 9.47 Å². The smallest absolute Gasteiger partial charge is 0.245 e. The highest BCUT2D eigenvalue weighted by Crippen LogP contribution is 2.31. The highest BCUT2D eigenvalue weighted by molar-refractivity contribution is 5.72. The Morgan fingerprint density at radius 3 is 2.90 bits per heavy atom. The summed E-state index contributed by atoms with van der Waals surface area (Å²) in [5.41, 5.74) is 6.12. The van der Waals surface area contributed by atoms with E-state index in [1.165, 1.54) is 5.69 Å². The Kier molecular flexibility index (Phi) is 4.72. The van der Waals surface area contributed by atoms with Crippen LogP contribution in [0, 0.1) is 0 Å². The first kappa shape index (κ1) is 18.4. The third-order valence-corrected chi connectivity index (χ3v) is 5.36. The predicted molar refractivity (Wildman–Crippen MR) is 118 cm³/mol. The Hall–Kier alpha value is -3.58. The monoisotopic (exact) mass is 401 g/mol. The average Bonchev–Trinajstić information content (AvgIpc) is 3.10. The molecule has 1 N–H and O–H groups in total. The Morgan fingerprint density at radius 1 is 1.10 bits per heavy atom. The number of nitrogens with one attached hydrogen (secondary N) is 1. The van der Waals surface area contributed by atoms with Gasteiger partial charge < -0.3 is 19.7 Å². The van der Waals surface area contributed by atoms with Crippen molar-refractivity contribution in [1.29, 1.82) is 0 Å². The van der Waals surface area contributed by atoms with E-state index in [9.17, 15) is 0 Å². The topological polar surface area (TPSA) is 63.9 Å². The van der Waals surface area contributed by atoms with E-state index >= 15 is 0 Å². The van der Waals surface area contributed by atoms with Crippen LogP contribution in [0.25, 0.3) is 16.8 Å². The zero-order valence-corrected chi connectivity index (χ0v) is 17.0. The van der Waals surface area contributed by atoms with Crippen LogP contribution in [0.4, 0.5) is 17.3 Å². The fourth-order valence-electron chi connectivity index (χ4n) is 3.80. The molecule has 3 heterocycles. The molecule has 0 saturated carbocycles. The van der Waals surface area contributed by atoms with Gasteiger partial charge in [-0.05, 0) is 42.5 Å². The molecule has 0 fully saturated rings. The van der Waals surface area contributed by atoms with Gasteiger partial charge in [0.25, 0.3) is 0 Å². The fraction of sp³-hybridized carbons (Fsp3) is 0.217. The molecule has 7 nitrogen and oxygen atoms in total. The van der Waals surface area contributed by atoms with Gasteiger partial charge in [-0.3, -0.25) is 0 Å². The van der Waals surface area contributed by atoms with E-state index in [1.807, 2.05) is 53.2 Å². The first-order valence-corrected chi connectivity index (χ1v) is 9.90. The predicted octanol–water partition coefficient (Wildman–Crippen LogP) is 4.11. The van der Waals surface area contributed by atoms with E-state index in [1.54, 1.807) is 7.11 Å². The van der Waals surface area contributed by atoms with Crippen LogP contribution in [-0.4, -0.2) is 41.9 Å². The SMILES string of the molecule is COc1ccccc1-c1ccc2cnc(Nc3ccc4c(c3)COCCN4C)nn12. The van der Waals surface area contributed by atoms with Crippen molar-refractivity contribution in [3.63, 3.8) is 0 Å². The molecule has 4 aromatic rings. The molecule has 0 unspecified atom stereocenters. The molecule has 0 spiro atoms. The van der Waals surface area contributed by atoms with Gasteiger partial charge in [0.15, 0.2) is 0 Å². The summed E-state index contributed by atoms with van der Waals surface area (Å²) in [5.74, 6) is 1.33. The van der Waals surface area contributed by atoms with Crippen LogP contribution < -0.4 is 15.0 Å². The highest BCUT2D eigenvalue weighted by Gasteiger charge is 2.14. The van der Waals surface area contributed by atoms with Crippen molar-refractivity contribution in [1.82, 2.24) is 14.6 Å². The number of aromatic nitrogens is 3. The summed E-state index contributed by atoms with van der Waals surface area (Å²) in [4.78, 5) is 6.70. The maximum atomic E-state index is 5.71. The summed E-state index contributed by atoms with van der Waals surface area (Å²) < 4.78 is 13.1. The molecule has 152 valence electrons. The van der Waals surface area contributed by atoms with Gasteiger partial charge in [-0.15, -0.1) is 5.10 Å². The number of fused-ring (bicyclic) bond motifs is 2. The molecule has 0 aliphatic carbocycles. The van der Waals surface area contributed by atoms with Gasteiger partial charge in [-0.1, -0.05) is 12.1 Å². The molecule has 5 rings (SSSR count). The standard InChI is InChI=1S/C23H23N5O2/c1-27-11-12-30-15-16-13-17(7-9-20(16)27)25-23-24-14-18-8-10-21(28(18)26-23)19-5-3-4-6-22(19)29-2/h3-10,13-14H,11-12,15H2,1-2H3,(H,25,26). The van der Waals surface area contributed by atoms with Gasteiger partial charge in [0.2, 0.25) is 5.95 Å². The van der Waals surface area contributed by atoms with Gasteiger partial charge in [-0.25, -0.2) is 9.50 Å². The summed E-state index contributed by atoms with van der Waals surface area (Å²) >= 11 is 0. The molecular weight excluding hydrogens is 378 g/mol. The van der Waals surface area contributed by atoms with Crippen LogP contribution >= 0.6 is 0 Å². The highest BCUT2D eigenvalue weighted by atomic mass is 16.5. The lowest BCUT2D eigenvalue weighted by Gasteiger charge is -2.19. The van der Waals surface area contributed by atoms with E-state index in [-0.39, 0.29) is 0 Å². The molecule has 2 aromatic heterocycles. The lowest BCUT2D eigenvalue weighted by Crippen LogP contribution is -2.20. The minimum atomic E-state index is 0.526. The molecule has 0 saturated heterocycles. The summed E-state index contributed by atoms with van der Waals surface area (Å²) in [6, 6.07) is 18.2. The Balaban J connectivity index is 1.50. The van der Waals surface area contributed by atoms with Crippen LogP contribution in [0.5, 0.6) is 5.75 Å². The minimum Gasteiger partial charge on any atom is -0.496 e. The van der Waals surface area contributed by atoms with Crippen molar-refractivity contribution in [2.45, 2.75) is 6.61 Å². The number of para-hydroxylation sites is 1. The average molecular weight is 401 g/mol. The number of ether oxygens (including phenoxy) is 2. The molecule has 7 heteroatoms. The number of hydrogen-bond donors (Lipinski definition) is 1. The number of rotatable bonds is 4. The third-order valence-electron chi connectivity index (χ3n) is 5.36. The largest absolute Gasteiger partial charge is 0.496 e. The first-order chi connectivity index (χ1) is 14.7. The van der Waals surface area contributed by atoms with Gasteiger partial charge in [0.05, 0.1) is 37.7 Å². The minimum absolute atomic E-state index is 0.526. The van der Waals surface area contributed by atoms with Gasteiger partial charge in [0, 0.05) is 36.1 Å². The van der Waals surface area contributed by atoms with Gasteiger partial charge in [-0.2, -0.15) is 0 Å². The normalized spacial score (nSPS) is 13.7. The molecule has 30 heavy (non-hydrogen) atoms. The van der Waals surface area contributed by atoms with Crippen molar-refractivity contribution in [2.24, 2.45) is 0 Å². The summed E-state index contributed by atoms with van der Waals surface area (Å²) in [5, 5.41) is 8.06. The van der Waals surface area contributed by atoms with E-state index in [4.69, 9.17) is 14.6 Å². The zero-order chi connectivity index (χ0) is 20.5. The lowest BCUT2D eigenvalue weighted by atomic mass is 10.1. The molecule has 1 aliphatic heterocycles. The number of benzene rings is 2. The third kappa shape index (κ3) is 3.33. The number of likely N-dealkylation sites (N-methyl/N-ethyl adjacent to an activating group) is 1. The number of nitrogens with zero attached hydrogens (tertiary/aromatic N) is 4. The molecule has 1 aliphatic rings. The summed E-state index contributed by atoms with van der Waals surface area (Å²) in [6.45, 7) is 2.22. The number of methoxy groups -OCH3 is 1. The summed E-state index contributed by atoms with van der Waals surface area (Å²) in [7, 11) is 3.76. The Morgan fingerprint density at radius 2 is 2.00 bits per heavy atom. The second-order valence-corrected chi connectivity index (χ2v) is 7.28. The molecule has 0 bridgehead atoms. The number of anilines is 3. The first-order valence-electron chi connectivity index (χ1n) is 9.90. The second kappa shape index (κ2) is 7.68. The van der Waals surface area contributed by atoms with Crippen LogP contribution in [0.1, 0.15) is 5.56 Å². The zero-order valence-electron chi connectivity index (χ0n) is 17.0. The van der Waals surface area contributed by atoms with Gasteiger partial charge >= 0.3 is 0 Å². The molecule has 0 radical (unpaired) electrons. The van der Waals surface area contributed by atoms with Crippen molar-refractivity contribution in [2.75, 3.05) is 37.5 Å². The molecule has 0 atom stereocenters. The molecular formula is C23H23N5O2. The Labute approximate surface area is 174 Å². The second-order valence-electron chi connectivity index (χ2n) is 7.28. The van der Waals surface area contributed by atoms with E-state index in [2.05, 4.69) is 34.4 Å². The van der Waals surface area contributed by atoms with Crippen molar-refractivity contribution >= 4 is 22.8 Å². The molecule has 2 aromatic carbocycles. The maximum Gasteiger partial charge on any atom is 0.245 e. The fourth-order valence-corrected chi connectivity index (χ4v) is 3.80. The van der Waals surface area contributed by atoms with E-state index < -0.39 is 0 Å². The van der Waals surface area contributed by atoms with Crippen LogP contribution in [0.15, 0.2) is 60.8 Å². The Bertz CT molecular complexity index is 1200.